The number of aliphatic hydroxyl groups excluding tert-OH is 5. The number of ether oxygens (including phenoxy) is 2. The number of methoxy groups -OCH3 is 1. The molecule has 0 fully saturated rings. The van der Waals surface area contributed by atoms with Crippen LogP contribution < -0.4 is 20.5 Å². The fourth-order valence-corrected chi connectivity index (χ4v) is 4.24. The summed E-state index contributed by atoms with van der Waals surface area (Å²) in [6.45, 7) is 5.20. The number of nitriles is 1. The number of hydrogen-bond donors (Lipinski definition) is 8. The second-order valence-electron chi connectivity index (χ2n) is 9.01. The highest BCUT2D eigenvalue weighted by atomic mass is 16.5. The van der Waals surface area contributed by atoms with Gasteiger partial charge in [0.05, 0.1) is 49.1 Å². The number of benzene rings is 1. The van der Waals surface area contributed by atoms with E-state index < -0.39 is 48.8 Å². The Morgan fingerprint density at radius 1 is 1.20 bits per heavy atom. The standard InChI is InChI=1S/C21H22N4O3.C6H12O7/c1-5-28-21-18-17(14-7-6-13(9-22)8-15(14)27-4)16(20(23)26)12(3)25-19(18)11(2)10-24-21;7-1-2(8)3(9)4(10)5(11)6(12)13/h6-8,10,17,25H,5H2,1-4H3,(H2,23,26);2-5,7-11H,1H2,(H,12,13)/t17-;2-,3-,4+,5-/m11/s1. The summed E-state index contributed by atoms with van der Waals surface area (Å²) in [5.74, 6) is -1.89. The number of aryl methyl sites for hydroxylation is 1. The first-order valence-corrected chi connectivity index (χ1v) is 12.4. The van der Waals surface area contributed by atoms with Gasteiger partial charge in [-0.2, -0.15) is 5.26 Å². The van der Waals surface area contributed by atoms with Crippen LogP contribution in [0, 0.1) is 18.3 Å². The predicted molar refractivity (Wildman–Crippen MR) is 144 cm³/mol. The molecule has 9 N–H and O–H groups in total. The highest BCUT2D eigenvalue weighted by Crippen LogP contribution is 2.48. The van der Waals surface area contributed by atoms with Gasteiger partial charge in [-0.05, 0) is 38.5 Å². The molecule has 0 aliphatic carbocycles. The van der Waals surface area contributed by atoms with Crippen molar-refractivity contribution in [1.82, 2.24) is 4.98 Å². The molecule has 222 valence electrons. The molecule has 5 atom stereocenters. The summed E-state index contributed by atoms with van der Waals surface area (Å²) in [6, 6.07) is 7.22. The normalized spacial score (nSPS) is 16.9. The molecule has 1 aromatic heterocycles. The number of hydrogen-bond acceptors (Lipinski definition) is 12. The fourth-order valence-electron chi connectivity index (χ4n) is 4.24. The topological polar surface area (TPSA) is 249 Å². The van der Waals surface area contributed by atoms with Crippen molar-refractivity contribution in [3.63, 3.8) is 0 Å². The van der Waals surface area contributed by atoms with Crippen LogP contribution in [-0.4, -0.2) is 92.2 Å². The number of primary amides is 1. The van der Waals surface area contributed by atoms with Crippen LogP contribution in [0.3, 0.4) is 0 Å². The SMILES string of the molecule is CCOc1ncc(C)c2c1[C@H](c1ccc(C#N)cc1OC)C(C(N)=O)=C(C)N2.O=C(O)[C@H](O)[C@@H](O)[C@H](O)[C@H](O)CO. The first-order valence-electron chi connectivity index (χ1n) is 12.4. The van der Waals surface area contributed by atoms with E-state index in [1.807, 2.05) is 20.8 Å². The number of carbonyl (C=O) groups is 2. The van der Waals surface area contributed by atoms with Crippen molar-refractivity contribution in [1.29, 1.82) is 5.26 Å². The Hall–Kier alpha value is -4.26. The van der Waals surface area contributed by atoms with Crippen LogP contribution in [-0.2, 0) is 9.59 Å². The van der Waals surface area contributed by atoms with Gasteiger partial charge in [0.15, 0.2) is 6.10 Å². The Balaban J connectivity index is 0.000000383. The van der Waals surface area contributed by atoms with Crippen molar-refractivity contribution in [2.24, 2.45) is 5.73 Å². The second kappa shape index (κ2) is 14.4. The van der Waals surface area contributed by atoms with Gasteiger partial charge in [0, 0.05) is 23.0 Å². The molecule has 0 saturated heterocycles. The summed E-state index contributed by atoms with van der Waals surface area (Å²) >= 11 is 0. The van der Waals surface area contributed by atoms with E-state index >= 15 is 0 Å². The van der Waals surface area contributed by atoms with Crippen molar-refractivity contribution in [3.8, 4) is 17.7 Å². The molecule has 1 aliphatic rings. The number of nitrogens with two attached hydrogens (primary N) is 1. The van der Waals surface area contributed by atoms with E-state index in [-0.39, 0.29) is 0 Å². The second-order valence-corrected chi connectivity index (χ2v) is 9.01. The molecule has 2 heterocycles. The van der Waals surface area contributed by atoms with Gasteiger partial charge < -0.3 is 51.2 Å². The Kier molecular flexibility index (Phi) is 11.6. The average molecular weight is 575 g/mol. The number of aliphatic hydroxyl groups is 5. The molecule has 0 radical (unpaired) electrons. The zero-order chi connectivity index (χ0) is 31.0. The van der Waals surface area contributed by atoms with Crippen LogP contribution in [0.25, 0.3) is 0 Å². The summed E-state index contributed by atoms with van der Waals surface area (Å²) in [5.41, 5.74) is 10.5. The average Bonchev–Trinajstić information content (AvgIpc) is 2.96. The van der Waals surface area contributed by atoms with Gasteiger partial charge in [-0.25, -0.2) is 9.78 Å². The number of nitrogens with one attached hydrogen (secondary N) is 1. The molecule has 3 rings (SSSR count). The van der Waals surface area contributed by atoms with Crippen LogP contribution in [0.1, 0.15) is 42.0 Å². The van der Waals surface area contributed by atoms with E-state index in [0.29, 0.717) is 40.6 Å². The summed E-state index contributed by atoms with van der Waals surface area (Å²) in [7, 11) is 1.53. The number of aromatic nitrogens is 1. The van der Waals surface area contributed by atoms with Crippen LogP contribution in [0.2, 0.25) is 0 Å². The molecule has 14 nitrogen and oxygen atoms in total. The number of amides is 1. The third-order valence-corrected chi connectivity index (χ3v) is 6.29. The third kappa shape index (κ3) is 7.28. The fraction of sp³-hybridized carbons (Fsp3) is 0.407. The Bertz CT molecular complexity index is 1340. The summed E-state index contributed by atoms with van der Waals surface area (Å²) < 4.78 is 11.3. The van der Waals surface area contributed by atoms with E-state index in [1.165, 1.54) is 7.11 Å². The number of nitrogens with zero attached hydrogens (tertiary/aromatic N) is 2. The minimum absolute atomic E-state index is 0.406. The molecule has 1 aliphatic heterocycles. The van der Waals surface area contributed by atoms with Gasteiger partial charge in [0.25, 0.3) is 0 Å². The van der Waals surface area contributed by atoms with Crippen LogP contribution in [0.15, 0.2) is 35.7 Å². The molecule has 1 amide bonds. The minimum atomic E-state index is -2.20. The van der Waals surface area contributed by atoms with Gasteiger partial charge in [-0.3, -0.25) is 4.79 Å². The van der Waals surface area contributed by atoms with Gasteiger partial charge >= 0.3 is 5.97 Å². The maximum atomic E-state index is 12.4. The maximum Gasteiger partial charge on any atom is 0.335 e. The van der Waals surface area contributed by atoms with Crippen LogP contribution in [0.5, 0.6) is 11.6 Å². The lowest BCUT2D eigenvalue weighted by Crippen LogP contribution is -2.48. The van der Waals surface area contributed by atoms with Crippen molar-refractivity contribution in [3.05, 3.63) is 57.9 Å². The molecule has 14 heteroatoms. The lowest BCUT2D eigenvalue weighted by atomic mass is 9.79. The molecule has 0 unspecified atom stereocenters. The first-order chi connectivity index (χ1) is 19.3. The number of fused-ring (bicyclic) bond motifs is 1. The number of allylic oxidation sites excluding steroid dienone is 1. The number of aliphatic carboxylic acids is 1. The minimum Gasteiger partial charge on any atom is -0.496 e. The van der Waals surface area contributed by atoms with Gasteiger partial charge in [0.1, 0.15) is 24.1 Å². The number of anilines is 1. The van der Waals surface area contributed by atoms with Crippen molar-refractivity contribution >= 4 is 17.6 Å². The van der Waals surface area contributed by atoms with E-state index in [9.17, 15) is 14.9 Å². The van der Waals surface area contributed by atoms with Crippen LogP contribution >= 0.6 is 0 Å². The largest absolute Gasteiger partial charge is 0.496 e. The number of pyridine rings is 1. The smallest absolute Gasteiger partial charge is 0.335 e. The molecule has 1 aromatic carbocycles. The number of rotatable bonds is 10. The lowest BCUT2D eigenvalue weighted by Gasteiger charge is -2.32. The van der Waals surface area contributed by atoms with E-state index in [2.05, 4.69) is 16.4 Å². The molecule has 2 aromatic rings. The molecular weight excluding hydrogens is 540 g/mol. The Labute approximate surface area is 235 Å². The van der Waals surface area contributed by atoms with Crippen LogP contribution in [0.4, 0.5) is 5.69 Å². The highest BCUT2D eigenvalue weighted by molar-refractivity contribution is 5.98. The summed E-state index contributed by atoms with van der Waals surface area (Å²) in [6.07, 6.45) is -6.11. The zero-order valence-corrected chi connectivity index (χ0v) is 22.9. The number of carboxylic acid groups (broad SMARTS) is 1. The summed E-state index contributed by atoms with van der Waals surface area (Å²) in [4.78, 5) is 26.9. The predicted octanol–water partition coefficient (Wildman–Crippen LogP) is -0.507. The van der Waals surface area contributed by atoms with Gasteiger partial charge in [-0.1, -0.05) is 6.07 Å². The van der Waals surface area contributed by atoms with Gasteiger partial charge in [0.2, 0.25) is 11.8 Å². The summed E-state index contributed by atoms with van der Waals surface area (Å²) in [5, 5.41) is 64.3. The van der Waals surface area contributed by atoms with E-state index in [4.69, 9.17) is 45.8 Å². The van der Waals surface area contributed by atoms with Gasteiger partial charge in [-0.15, -0.1) is 0 Å². The molecular formula is C27H34N4O10. The van der Waals surface area contributed by atoms with Crippen molar-refractivity contribution < 1.29 is 49.7 Å². The van der Waals surface area contributed by atoms with Crippen molar-refractivity contribution in [2.75, 3.05) is 25.6 Å². The molecule has 0 spiro atoms. The Morgan fingerprint density at radius 3 is 2.37 bits per heavy atom. The number of carboxylic acids is 1. The quantitative estimate of drug-likeness (QED) is 0.178. The molecule has 41 heavy (non-hydrogen) atoms. The third-order valence-electron chi connectivity index (χ3n) is 6.29. The van der Waals surface area contributed by atoms with E-state index in [0.717, 1.165) is 16.8 Å². The molecule has 0 bridgehead atoms. The Morgan fingerprint density at radius 2 is 1.85 bits per heavy atom. The number of carbonyl (C=O) groups excluding carboxylic acids is 1. The van der Waals surface area contributed by atoms with Crippen molar-refractivity contribution in [2.45, 2.75) is 51.1 Å². The molecule has 0 saturated carbocycles. The highest BCUT2D eigenvalue weighted by Gasteiger charge is 2.37. The monoisotopic (exact) mass is 574 g/mol. The first kappa shape index (κ1) is 32.9. The maximum absolute atomic E-state index is 12.4. The lowest BCUT2D eigenvalue weighted by molar-refractivity contribution is -0.164. The zero-order valence-electron chi connectivity index (χ0n) is 22.9. The van der Waals surface area contributed by atoms with E-state index in [1.54, 1.807) is 24.4 Å².